The minimum absolute atomic E-state index is 0.448. The van der Waals surface area contributed by atoms with Crippen LogP contribution < -0.4 is 5.32 Å². The molecule has 18 heavy (non-hydrogen) atoms. The highest BCUT2D eigenvalue weighted by molar-refractivity contribution is 7.99. The predicted octanol–water partition coefficient (Wildman–Crippen LogP) is 3.45. The van der Waals surface area contributed by atoms with Gasteiger partial charge in [0.2, 0.25) is 0 Å². The summed E-state index contributed by atoms with van der Waals surface area (Å²) >= 11 is 1.81. The Labute approximate surface area is 114 Å². The quantitative estimate of drug-likeness (QED) is 0.768. The Morgan fingerprint density at radius 1 is 1.44 bits per heavy atom. The fraction of sp³-hybridized carbons (Fsp3) is 0.615. The third kappa shape index (κ3) is 4.29. The second-order valence-corrected chi connectivity index (χ2v) is 5.12. The van der Waals surface area contributed by atoms with Crippen LogP contribution in [0.4, 0.5) is 11.5 Å². The van der Waals surface area contributed by atoms with Gasteiger partial charge in [-0.2, -0.15) is 11.8 Å². The molecule has 1 atom stereocenters. The maximum atomic E-state index is 4.57. The highest BCUT2D eigenvalue weighted by atomic mass is 32.2. The zero-order chi connectivity index (χ0) is 13.4. The van der Waals surface area contributed by atoms with Crippen molar-refractivity contribution < 1.29 is 0 Å². The lowest BCUT2D eigenvalue weighted by molar-refractivity contribution is 0.959. The average molecular weight is 266 g/mol. The molecule has 0 aromatic carbocycles. The number of anilines is 1. The number of aryl methyl sites for hydroxylation is 1. The van der Waals surface area contributed by atoms with E-state index in [2.05, 4.69) is 40.4 Å². The van der Waals surface area contributed by atoms with Gasteiger partial charge in [-0.3, -0.25) is 4.99 Å². The Morgan fingerprint density at radius 2 is 2.22 bits per heavy atom. The molecule has 0 bridgehead atoms. The largest absolute Gasteiger partial charge is 0.368 e. The fourth-order valence-corrected chi connectivity index (χ4v) is 2.00. The number of aromatic nitrogens is 2. The van der Waals surface area contributed by atoms with Crippen molar-refractivity contribution in [1.82, 2.24) is 9.97 Å². The number of hydrogen-bond donors (Lipinski definition) is 1. The zero-order valence-electron chi connectivity index (χ0n) is 11.6. The molecule has 1 heterocycles. The number of nitrogens with one attached hydrogen (secondary N) is 1. The van der Waals surface area contributed by atoms with Gasteiger partial charge in [0.15, 0.2) is 5.82 Å². The Balaban J connectivity index is 2.91. The van der Waals surface area contributed by atoms with Crippen molar-refractivity contribution in [3.8, 4) is 0 Å². The van der Waals surface area contributed by atoms with E-state index in [9.17, 15) is 0 Å². The van der Waals surface area contributed by atoms with Crippen LogP contribution in [0.15, 0.2) is 11.3 Å². The molecule has 5 heteroatoms. The molecule has 0 spiro atoms. The molecule has 0 saturated heterocycles. The van der Waals surface area contributed by atoms with Crippen molar-refractivity contribution in [3.05, 3.63) is 12.0 Å². The van der Waals surface area contributed by atoms with Gasteiger partial charge in [-0.25, -0.2) is 9.97 Å². The van der Waals surface area contributed by atoms with Gasteiger partial charge in [0.05, 0.1) is 5.69 Å². The summed E-state index contributed by atoms with van der Waals surface area (Å²) in [4.78, 5) is 13.0. The number of thioether (sulfide) groups is 1. The van der Waals surface area contributed by atoms with E-state index in [1.54, 1.807) is 6.33 Å². The minimum atomic E-state index is 0.448. The number of hydrogen-bond acceptors (Lipinski definition) is 5. The first kappa shape index (κ1) is 15.0. The van der Waals surface area contributed by atoms with Crippen LogP contribution >= 0.6 is 11.8 Å². The molecule has 0 saturated carbocycles. The lowest BCUT2D eigenvalue weighted by Crippen LogP contribution is -2.05. The van der Waals surface area contributed by atoms with Crippen molar-refractivity contribution in [2.24, 2.45) is 4.99 Å². The zero-order valence-corrected chi connectivity index (χ0v) is 12.4. The fourth-order valence-electron chi connectivity index (χ4n) is 1.48. The van der Waals surface area contributed by atoms with Crippen LogP contribution in [0.5, 0.6) is 0 Å². The second kappa shape index (κ2) is 8.08. The summed E-state index contributed by atoms with van der Waals surface area (Å²) in [5, 5.41) is 3.74. The van der Waals surface area contributed by atoms with Gasteiger partial charge in [-0.05, 0) is 26.0 Å². The van der Waals surface area contributed by atoms with Gasteiger partial charge in [-0.15, -0.1) is 0 Å². The molecule has 0 aliphatic carbocycles. The summed E-state index contributed by atoms with van der Waals surface area (Å²) in [6.45, 7) is 7.16. The molecule has 1 aromatic heterocycles. The highest BCUT2D eigenvalue weighted by Crippen LogP contribution is 2.25. The van der Waals surface area contributed by atoms with Crippen molar-refractivity contribution in [3.63, 3.8) is 0 Å². The molecule has 1 rings (SSSR count). The van der Waals surface area contributed by atoms with E-state index in [1.807, 2.05) is 24.9 Å². The number of nitrogens with zero attached hydrogens (tertiary/aromatic N) is 3. The van der Waals surface area contributed by atoms with E-state index in [0.717, 1.165) is 36.6 Å². The maximum absolute atomic E-state index is 4.57. The number of aliphatic imine (C=N–C) groups is 1. The Bertz CT molecular complexity index is 389. The predicted molar refractivity (Wildman–Crippen MR) is 81.3 cm³/mol. The van der Waals surface area contributed by atoms with Crippen LogP contribution in [0.3, 0.4) is 0 Å². The first-order valence-electron chi connectivity index (χ1n) is 6.35. The van der Waals surface area contributed by atoms with Gasteiger partial charge in [0.25, 0.3) is 0 Å². The van der Waals surface area contributed by atoms with Crippen LogP contribution in [0.25, 0.3) is 0 Å². The summed E-state index contributed by atoms with van der Waals surface area (Å²) in [6, 6.07) is 0. The molecule has 0 radical (unpaired) electrons. The number of rotatable bonds is 7. The molecule has 100 valence electrons. The first-order valence-corrected chi connectivity index (χ1v) is 7.64. The molecule has 0 fully saturated rings. The van der Waals surface area contributed by atoms with Gasteiger partial charge in [0, 0.05) is 18.0 Å². The van der Waals surface area contributed by atoms with Crippen LogP contribution in [-0.2, 0) is 0 Å². The van der Waals surface area contributed by atoms with Crippen molar-refractivity contribution in [2.45, 2.75) is 38.9 Å². The van der Waals surface area contributed by atoms with Gasteiger partial charge in [0.1, 0.15) is 12.0 Å². The second-order valence-electron chi connectivity index (χ2n) is 4.04. The molecule has 1 N–H and O–H groups in total. The Morgan fingerprint density at radius 3 is 2.83 bits per heavy atom. The summed E-state index contributed by atoms with van der Waals surface area (Å²) in [5.74, 6) is 0.830. The third-order valence-corrected chi connectivity index (χ3v) is 3.68. The standard InChI is InChI=1S/C13H22N4S/c1-5-7-14-13-12(10(3)16-9-17-13)15-8-11(6-2)18-4/h8-9,11H,5-7H2,1-4H3,(H,14,16,17). The van der Waals surface area contributed by atoms with Crippen LogP contribution in [0.1, 0.15) is 32.4 Å². The molecule has 1 unspecified atom stereocenters. The normalized spacial score (nSPS) is 12.9. The minimum Gasteiger partial charge on any atom is -0.368 e. The third-order valence-electron chi connectivity index (χ3n) is 2.62. The maximum Gasteiger partial charge on any atom is 0.155 e. The van der Waals surface area contributed by atoms with Gasteiger partial charge < -0.3 is 5.32 Å². The van der Waals surface area contributed by atoms with Crippen LogP contribution in [0.2, 0.25) is 0 Å². The first-order chi connectivity index (χ1) is 8.72. The summed E-state index contributed by atoms with van der Waals surface area (Å²) in [5.41, 5.74) is 1.77. The average Bonchev–Trinajstić information content (AvgIpc) is 2.39. The van der Waals surface area contributed by atoms with Crippen LogP contribution in [-0.4, -0.2) is 34.2 Å². The SMILES string of the molecule is CCCNc1ncnc(C)c1N=CC(CC)SC. The molecular formula is C13H22N4S. The summed E-state index contributed by atoms with van der Waals surface area (Å²) in [6.07, 6.45) is 7.82. The lowest BCUT2D eigenvalue weighted by Gasteiger charge is -2.09. The lowest BCUT2D eigenvalue weighted by atomic mass is 10.3. The molecule has 0 amide bonds. The van der Waals surface area contributed by atoms with Crippen molar-refractivity contribution >= 4 is 29.5 Å². The van der Waals surface area contributed by atoms with E-state index >= 15 is 0 Å². The van der Waals surface area contributed by atoms with E-state index in [4.69, 9.17) is 0 Å². The topological polar surface area (TPSA) is 50.2 Å². The van der Waals surface area contributed by atoms with Crippen molar-refractivity contribution in [1.29, 1.82) is 0 Å². The van der Waals surface area contributed by atoms with E-state index < -0.39 is 0 Å². The van der Waals surface area contributed by atoms with E-state index in [1.165, 1.54) is 0 Å². The highest BCUT2D eigenvalue weighted by Gasteiger charge is 2.07. The monoisotopic (exact) mass is 266 g/mol. The molecular weight excluding hydrogens is 244 g/mol. The molecule has 4 nitrogen and oxygen atoms in total. The summed E-state index contributed by atoms with van der Waals surface area (Å²) in [7, 11) is 0. The van der Waals surface area contributed by atoms with E-state index in [-0.39, 0.29) is 0 Å². The van der Waals surface area contributed by atoms with Gasteiger partial charge >= 0.3 is 0 Å². The summed E-state index contributed by atoms with van der Waals surface area (Å²) < 4.78 is 0. The molecule has 0 aliphatic rings. The molecule has 1 aromatic rings. The Kier molecular flexibility index (Phi) is 6.72. The van der Waals surface area contributed by atoms with Crippen molar-refractivity contribution in [2.75, 3.05) is 18.1 Å². The van der Waals surface area contributed by atoms with Gasteiger partial charge in [-0.1, -0.05) is 13.8 Å². The van der Waals surface area contributed by atoms with E-state index in [0.29, 0.717) is 5.25 Å². The molecule has 0 aliphatic heterocycles. The smallest absolute Gasteiger partial charge is 0.155 e. The van der Waals surface area contributed by atoms with Crippen LogP contribution in [0, 0.1) is 6.92 Å². The Hall–Kier alpha value is -1.10.